The lowest BCUT2D eigenvalue weighted by Crippen LogP contribution is -2.19. The van der Waals surface area contributed by atoms with Crippen molar-refractivity contribution in [2.45, 2.75) is 13.2 Å². The maximum Gasteiger partial charge on any atom is 0.247 e. The molecule has 2 aromatic heterocycles. The van der Waals surface area contributed by atoms with Crippen LogP contribution in [0.1, 0.15) is 5.69 Å². The van der Waals surface area contributed by atoms with Gasteiger partial charge in [0.2, 0.25) is 5.91 Å². The minimum absolute atomic E-state index is 0.0399. The Labute approximate surface area is 144 Å². The van der Waals surface area contributed by atoms with Gasteiger partial charge in [-0.3, -0.25) is 9.48 Å². The average molecular weight is 342 g/mol. The maximum absolute atomic E-state index is 12.0. The molecule has 0 fully saturated rings. The predicted octanol–water partition coefficient (Wildman–Crippen LogP) is 1.24. The number of ether oxygens (including phenoxy) is 2. The highest BCUT2D eigenvalue weighted by Gasteiger charge is 2.09. The number of hydrogen-bond donors (Lipinski definition) is 1. The lowest BCUT2D eigenvalue weighted by molar-refractivity contribution is -0.116. The van der Waals surface area contributed by atoms with E-state index in [1.54, 1.807) is 37.3 Å². The zero-order valence-electron chi connectivity index (χ0n) is 13.9. The second kappa shape index (κ2) is 7.47. The topological polar surface area (TPSA) is 96.1 Å². The Kier molecular flexibility index (Phi) is 4.93. The lowest BCUT2D eigenvalue weighted by Gasteiger charge is -2.08. The maximum atomic E-state index is 12.0. The third-order valence-corrected chi connectivity index (χ3v) is 3.32. The number of aryl methyl sites for hydroxylation is 1. The Morgan fingerprint density at radius 2 is 2.04 bits per heavy atom. The monoisotopic (exact) mass is 342 g/mol. The van der Waals surface area contributed by atoms with E-state index >= 15 is 0 Å². The molecule has 0 radical (unpaired) electrons. The zero-order valence-corrected chi connectivity index (χ0v) is 13.9. The molecule has 0 atom stereocenters. The van der Waals surface area contributed by atoms with E-state index in [9.17, 15) is 4.79 Å². The second-order valence-corrected chi connectivity index (χ2v) is 5.27. The zero-order chi connectivity index (χ0) is 17.6. The fraction of sp³-hybridized carbons (Fsp3) is 0.250. The molecule has 9 heteroatoms. The first-order chi connectivity index (χ1) is 12.1. The fourth-order valence-corrected chi connectivity index (χ4v) is 2.18. The van der Waals surface area contributed by atoms with Crippen LogP contribution in [0.25, 0.3) is 0 Å². The first kappa shape index (κ1) is 16.5. The molecule has 0 spiro atoms. The number of nitrogens with one attached hydrogen (secondary N) is 1. The summed E-state index contributed by atoms with van der Waals surface area (Å²) in [6, 6.07) is 9.06. The van der Waals surface area contributed by atoms with Crippen molar-refractivity contribution < 1.29 is 14.3 Å². The largest absolute Gasteiger partial charge is 0.493 e. The number of aromatic nitrogens is 5. The van der Waals surface area contributed by atoms with Crippen LogP contribution in [0.3, 0.4) is 0 Å². The van der Waals surface area contributed by atoms with Crippen LogP contribution in [-0.4, -0.2) is 37.8 Å². The van der Waals surface area contributed by atoms with Crippen LogP contribution in [0.2, 0.25) is 0 Å². The molecular weight excluding hydrogens is 324 g/mol. The van der Waals surface area contributed by atoms with Gasteiger partial charge in [0.1, 0.15) is 18.8 Å². The van der Waals surface area contributed by atoms with Crippen molar-refractivity contribution >= 4 is 11.7 Å². The molecule has 1 amide bonds. The fourth-order valence-electron chi connectivity index (χ4n) is 2.18. The number of benzene rings is 1. The second-order valence-electron chi connectivity index (χ2n) is 5.27. The van der Waals surface area contributed by atoms with Crippen molar-refractivity contribution in [1.29, 1.82) is 0 Å². The Morgan fingerprint density at radius 1 is 1.24 bits per heavy atom. The molecule has 3 aromatic rings. The third kappa shape index (κ3) is 4.34. The number of rotatable bonds is 7. The molecule has 0 saturated carbocycles. The summed E-state index contributed by atoms with van der Waals surface area (Å²) in [7, 11) is 3.36. The predicted molar refractivity (Wildman–Crippen MR) is 89.2 cm³/mol. The summed E-state index contributed by atoms with van der Waals surface area (Å²) in [6.07, 6.45) is 3.41. The third-order valence-electron chi connectivity index (χ3n) is 3.32. The summed E-state index contributed by atoms with van der Waals surface area (Å²) in [5.74, 6) is 1.52. The van der Waals surface area contributed by atoms with Gasteiger partial charge < -0.3 is 14.8 Å². The van der Waals surface area contributed by atoms with Crippen molar-refractivity contribution in [3.63, 3.8) is 0 Å². The van der Waals surface area contributed by atoms with E-state index in [-0.39, 0.29) is 19.1 Å². The van der Waals surface area contributed by atoms with Gasteiger partial charge in [-0.15, -0.1) is 5.10 Å². The minimum atomic E-state index is -0.235. The highest BCUT2D eigenvalue weighted by atomic mass is 16.5. The molecule has 2 heterocycles. The molecule has 25 heavy (non-hydrogen) atoms. The van der Waals surface area contributed by atoms with Gasteiger partial charge >= 0.3 is 0 Å². The summed E-state index contributed by atoms with van der Waals surface area (Å²) >= 11 is 0. The van der Waals surface area contributed by atoms with E-state index < -0.39 is 0 Å². The molecule has 1 N–H and O–H groups in total. The van der Waals surface area contributed by atoms with Crippen LogP contribution in [0, 0.1) is 0 Å². The normalized spacial score (nSPS) is 10.5. The molecule has 130 valence electrons. The van der Waals surface area contributed by atoms with Gasteiger partial charge in [-0.05, 0) is 12.1 Å². The number of amides is 1. The van der Waals surface area contributed by atoms with Gasteiger partial charge in [0, 0.05) is 19.3 Å². The Balaban J connectivity index is 1.54. The SMILES string of the molecule is COc1ccccc1OCc1cn(CC(=O)Nc2ccn(C)n2)nn1. The number of para-hydroxylation sites is 2. The molecule has 0 aliphatic heterocycles. The van der Waals surface area contributed by atoms with Gasteiger partial charge in [-0.25, -0.2) is 4.68 Å². The van der Waals surface area contributed by atoms with Crippen molar-refractivity contribution in [3.05, 3.63) is 48.4 Å². The van der Waals surface area contributed by atoms with Gasteiger partial charge in [-0.1, -0.05) is 17.3 Å². The molecule has 3 rings (SSSR count). The quantitative estimate of drug-likeness (QED) is 0.694. The minimum Gasteiger partial charge on any atom is -0.493 e. The molecule has 0 aliphatic rings. The van der Waals surface area contributed by atoms with Crippen LogP contribution in [0.15, 0.2) is 42.7 Å². The number of hydrogen-bond acceptors (Lipinski definition) is 6. The smallest absolute Gasteiger partial charge is 0.247 e. The first-order valence-electron chi connectivity index (χ1n) is 7.58. The van der Waals surface area contributed by atoms with E-state index in [0.717, 1.165) is 0 Å². The Bertz CT molecular complexity index is 857. The molecule has 1 aromatic carbocycles. The molecule has 9 nitrogen and oxygen atoms in total. The van der Waals surface area contributed by atoms with Gasteiger partial charge in [0.15, 0.2) is 17.3 Å². The Hall–Kier alpha value is -3.36. The summed E-state index contributed by atoms with van der Waals surface area (Å²) in [5.41, 5.74) is 0.608. The van der Waals surface area contributed by atoms with E-state index in [4.69, 9.17) is 9.47 Å². The highest BCUT2D eigenvalue weighted by molar-refractivity contribution is 5.89. The summed E-state index contributed by atoms with van der Waals surface area (Å²) in [6.45, 7) is 0.264. The number of anilines is 1. The molecular formula is C16H18N6O3. The van der Waals surface area contributed by atoms with Gasteiger partial charge in [0.05, 0.1) is 13.3 Å². The van der Waals surface area contributed by atoms with Crippen molar-refractivity contribution in [2.24, 2.45) is 7.05 Å². The molecule has 0 unspecified atom stereocenters. The molecule has 0 saturated heterocycles. The van der Waals surface area contributed by atoms with Gasteiger partial charge in [0.25, 0.3) is 0 Å². The van der Waals surface area contributed by atoms with Crippen LogP contribution in [0.5, 0.6) is 11.5 Å². The van der Waals surface area contributed by atoms with E-state index in [1.165, 1.54) is 4.68 Å². The summed E-state index contributed by atoms with van der Waals surface area (Å²) in [5, 5.41) is 14.7. The van der Waals surface area contributed by atoms with Crippen molar-refractivity contribution in [3.8, 4) is 11.5 Å². The standard InChI is InChI=1S/C16H18N6O3/c1-21-8-7-15(19-21)17-16(23)10-22-9-12(18-20-22)11-25-14-6-4-3-5-13(14)24-2/h3-9H,10-11H2,1-2H3,(H,17,19,23). The molecule has 0 bridgehead atoms. The average Bonchev–Trinajstić information content (AvgIpc) is 3.22. The number of carbonyl (C=O) groups excluding carboxylic acids is 1. The van der Waals surface area contributed by atoms with Crippen LogP contribution in [0.4, 0.5) is 5.82 Å². The van der Waals surface area contributed by atoms with Crippen LogP contribution in [-0.2, 0) is 25.0 Å². The van der Waals surface area contributed by atoms with E-state index in [0.29, 0.717) is 23.0 Å². The van der Waals surface area contributed by atoms with Gasteiger partial charge in [-0.2, -0.15) is 5.10 Å². The number of methoxy groups -OCH3 is 1. The number of carbonyl (C=O) groups is 1. The van der Waals surface area contributed by atoms with Crippen molar-refractivity contribution in [1.82, 2.24) is 24.8 Å². The Morgan fingerprint density at radius 3 is 2.76 bits per heavy atom. The van der Waals surface area contributed by atoms with Crippen molar-refractivity contribution in [2.75, 3.05) is 12.4 Å². The summed E-state index contributed by atoms with van der Waals surface area (Å²) in [4.78, 5) is 12.0. The lowest BCUT2D eigenvalue weighted by atomic mass is 10.3. The first-order valence-corrected chi connectivity index (χ1v) is 7.58. The molecule has 0 aliphatic carbocycles. The van der Waals surface area contributed by atoms with E-state index in [2.05, 4.69) is 20.7 Å². The van der Waals surface area contributed by atoms with Crippen LogP contribution >= 0.6 is 0 Å². The van der Waals surface area contributed by atoms with Crippen LogP contribution < -0.4 is 14.8 Å². The highest BCUT2D eigenvalue weighted by Crippen LogP contribution is 2.26. The van der Waals surface area contributed by atoms with E-state index in [1.807, 2.05) is 24.3 Å². The summed E-state index contributed by atoms with van der Waals surface area (Å²) < 4.78 is 14.0. The number of nitrogens with zero attached hydrogens (tertiary/aromatic N) is 5.